The lowest BCUT2D eigenvalue weighted by Crippen LogP contribution is -2.32. The van der Waals surface area contributed by atoms with E-state index in [1.807, 2.05) is 0 Å². The predicted molar refractivity (Wildman–Crippen MR) is 64.6 cm³/mol. The Hall–Kier alpha value is -1.47. The second kappa shape index (κ2) is 6.63. The molecule has 0 bridgehead atoms. The SMILES string of the molecule is COc1cc(C[C@@H](N)C(=O)O)ccc1C(F)(F)F.Cl. The van der Waals surface area contributed by atoms with Crippen LogP contribution in [0.5, 0.6) is 5.75 Å². The fourth-order valence-corrected chi connectivity index (χ4v) is 1.44. The highest BCUT2D eigenvalue weighted by molar-refractivity contribution is 5.85. The van der Waals surface area contributed by atoms with Crippen LogP contribution in [0.2, 0.25) is 0 Å². The number of ether oxygens (including phenoxy) is 1. The van der Waals surface area contributed by atoms with Crippen molar-refractivity contribution in [3.8, 4) is 5.75 Å². The number of rotatable bonds is 4. The number of nitrogens with two attached hydrogens (primary N) is 1. The fourth-order valence-electron chi connectivity index (χ4n) is 1.44. The number of carboxylic acids is 1. The summed E-state index contributed by atoms with van der Waals surface area (Å²) in [4.78, 5) is 10.5. The van der Waals surface area contributed by atoms with Crippen molar-refractivity contribution in [3.63, 3.8) is 0 Å². The third-order valence-corrected chi connectivity index (χ3v) is 2.34. The maximum atomic E-state index is 12.6. The van der Waals surface area contributed by atoms with Gasteiger partial charge in [0.1, 0.15) is 11.8 Å². The Morgan fingerprint density at radius 3 is 2.47 bits per heavy atom. The Morgan fingerprint density at radius 1 is 1.47 bits per heavy atom. The van der Waals surface area contributed by atoms with Crippen LogP contribution < -0.4 is 10.5 Å². The van der Waals surface area contributed by atoms with Gasteiger partial charge in [-0.1, -0.05) is 6.07 Å². The summed E-state index contributed by atoms with van der Waals surface area (Å²) in [5, 5.41) is 8.62. The summed E-state index contributed by atoms with van der Waals surface area (Å²) in [6.45, 7) is 0. The number of carbonyl (C=O) groups is 1. The minimum absolute atomic E-state index is 0. The van der Waals surface area contributed by atoms with Gasteiger partial charge in [0, 0.05) is 0 Å². The molecule has 3 N–H and O–H groups in total. The molecule has 1 atom stereocenters. The van der Waals surface area contributed by atoms with Gasteiger partial charge in [0.2, 0.25) is 0 Å². The van der Waals surface area contributed by atoms with Crippen LogP contribution in [0.3, 0.4) is 0 Å². The molecule has 0 amide bonds. The first-order valence-electron chi connectivity index (χ1n) is 4.98. The number of benzene rings is 1. The number of aliphatic carboxylic acids is 1. The van der Waals surface area contributed by atoms with Crippen LogP contribution in [0.4, 0.5) is 13.2 Å². The molecular weight excluding hydrogens is 287 g/mol. The van der Waals surface area contributed by atoms with Crippen molar-refractivity contribution < 1.29 is 27.8 Å². The minimum atomic E-state index is -4.52. The number of carboxylic acid groups (broad SMARTS) is 1. The van der Waals surface area contributed by atoms with Crippen LogP contribution in [0.25, 0.3) is 0 Å². The topological polar surface area (TPSA) is 72.5 Å². The second-order valence-electron chi connectivity index (χ2n) is 3.68. The van der Waals surface area contributed by atoms with Gasteiger partial charge in [-0.2, -0.15) is 13.2 Å². The zero-order valence-electron chi connectivity index (χ0n) is 9.90. The molecule has 0 heterocycles. The van der Waals surface area contributed by atoms with E-state index in [9.17, 15) is 18.0 Å². The number of halogens is 4. The average Bonchev–Trinajstić information content (AvgIpc) is 2.27. The lowest BCUT2D eigenvalue weighted by Gasteiger charge is -2.14. The molecular formula is C11H13ClF3NO3. The summed E-state index contributed by atoms with van der Waals surface area (Å²) in [6.07, 6.45) is -4.58. The third kappa shape index (κ3) is 4.60. The van der Waals surface area contributed by atoms with E-state index in [1.165, 1.54) is 6.07 Å². The first-order valence-corrected chi connectivity index (χ1v) is 4.98. The van der Waals surface area contributed by atoms with Crippen LogP contribution in [0.15, 0.2) is 18.2 Å². The average molecular weight is 300 g/mol. The van der Waals surface area contributed by atoms with Crippen molar-refractivity contribution in [3.05, 3.63) is 29.3 Å². The van der Waals surface area contributed by atoms with E-state index in [4.69, 9.17) is 10.8 Å². The van der Waals surface area contributed by atoms with E-state index in [0.717, 1.165) is 19.2 Å². The number of alkyl halides is 3. The number of hydrogen-bond donors (Lipinski definition) is 2. The third-order valence-electron chi connectivity index (χ3n) is 2.34. The van der Waals surface area contributed by atoms with Crippen LogP contribution in [0, 0.1) is 0 Å². The lowest BCUT2D eigenvalue weighted by atomic mass is 10.0. The molecule has 1 rings (SSSR count). The van der Waals surface area contributed by atoms with E-state index < -0.39 is 23.8 Å². The molecule has 0 aliphatic rings. The first kappa shape index (κ1) is 17.5. The normalized spacial score (nSPS) is 12.5. The summed E-state index contributed by atoms with van der Waals surface area (Å²) in [7, 11) is 1.12. The van der Waals surface area contributed by atoms with Gasteiger partial charge in [0.25, 0.3) is 0 Å². The van der Waals surface area contributed by atoms with Crippen LogP contribution in [-0.2, 0) is 17.4 Å². The van der Waals surface area contributed by atoms with Crippen LogP contribution in [-0.4, -0.2) is 24.2 Å². The maximum absolute atomic E-state index is 12.6. The van der Waals surface area contributed by atoms with Crippen molar-refractivity contribution in [2.24, 2.45) is 5.73 Å². The van der Waals surface area contributed by atoms with Crippen molar-refractivity contribution >= 4 is 18.4 Å². The number of hydrogen-bond acceptors (Lipinski definition) is 3. The highest BCUT2D eigenvalue weighted by atomic mass is 35.5. The molecule has 4 nitrogen and oxygen atoms in total. The van der Waals surface area contributed by atoms with Gasteiger partial charge in [0.05, 0.1) is 12.7 Å². The Kier molecular flexibility index (Phi) is 6.11. The van der Waals surface area contributed by atoms with Gasteiger partial charge in [-0.05, 0) is 24.1 Å². The molecule has 8 heteroatoms. The summed E-state index contributed by atoms with van der Waals surface area (Å²) >= 11 is 0. The minimum Gasteiger partial charge on any atom is -0.496 e. The Labute approximate surface area is 113 Å². The predicted octanol–water partition coefficient (Wildman–Crippen LogP) is 2.09. The highest BCUT2D eigenvalue weighted by Crippen LogP contribution is 2.36. The van der Waals surface area contributed by atoms with Crippen LogP contribution >= 0.6 is 12.4 Å². The fraction of sp³-hybridized carbons (Fsp3) is 0.364. The van der Waals surface area contributed by atoms with Crippen molar-refractivity contribution in [2.75, 3.05) is 7.11 Å². The van der Waals surface area contributed by atoms with E-state index in [1.54, 1.807) is 0 Å². The molecule has 1 aromatic rings. The Bertz CT molecular complexity index is 451. The maximum Gasteiger partial charge on any atom is 0.419 e. The van der Waals surface area contributed by atoms with Crippen LogP contribution in [0.1, 0.15) is 11.1 Å². The van der Waals surface area contributed by atoms with E-state index in [-0.39, 0.29) is 24.6 Å². The number of methoxy groups -OCH3 is 1. The lowest BCUT2D eigenvalue weighted by molar-refractivity contribution is -0.139. The second-order valence-corrected chi connectivity index (χ2v) is 3.68. The van der Waals surface area contributed by atoms with Crippen molar-refractivity contribution in [1.82, 2.24) is 0 Å². The molecule has 0 aliphatic carbocycles. The van der Waals surface area contributed by atoms with Gasteiger partial charge in [0.15, 0.2) is 0 Å². The molecule has 0 aromatic heterocycles. The largest absolute Gasteiger partial charge is 0.496 e. The van der Waals surface area contributed by atoms with Gasteiger partial charge in [-0.3, -0.25) is 4.79 Å². The summed E-state index contributed by atoms with van der Waals surface area (Å²) in [5.74, 6) is -1.56. The van der Waals surface area contributed by atoms with E-state index >= 15 is 0 Å². The van der Waals surface area contributed by atoms with Gasteiger partial charge < -0.3 is 15.6 Å². The standard InChI is InChI=1S/C11H12F3NO3.ClH/c1-18-9-5-6(4-8(15)10(16)17)2-3-7(9)11(12,13)14;/h2-3,5,8H,4,15H2,1H3,(H,16,17);1H/t8-;/m1./s1. The van der Waals surface area contributed by atoms with Gasteiger partial charge in [-0.25, -0.2) is 0 Å². The molecule has 1 aromatic carbocycles. The monoisotopic (exact) mass is 299 g/mol. The zero-order valence-corrected chi connectivity index (χ0v) is 10.7. The van der Waals surface area contributed by atoms with Gasteiger partial charge >= 0.3 is 12.1 Å². The molecule has 108 valence electrons. The molecule has 0 radical (unpaired) electrons. The summed E-state index contributed by atoms with van der Waals surface area (Å²) in [6, 6.07) is 2.02. The zero-order chi connectivity index (χ0) is 13.9. The smallest absolute Gasteiger partial charge is 0.419 e. The van der Waals surface area contributed by atoms with E-state index in [2.05, 4.69) is 4.74 Å². The first-order chi connectivity index (χ1) is 8.25. The molecule has 0 fully saturated rings. The Morgan fingerprint density at radius 2 is 2.05 bits per heavy atom. The summed E-state index contributed by atoms with van der Waals surface area (Å²) in [5.41, 5.74) is 4.77. The molecule has 0 saturated heterocycles. The van der Waals surface area contributed by atoms with E-state index in [0.29, 0.717) is 5.56 Å². The molecule has 0 spiro atoms. The van der Waals surface area contributed by atoms with Crippen molar-refractivity contribution in [1.29, 1.82) is 0 Å². The van der Waals surface area contributed by atoms with Gasteiger partial charge in [-0.15, -0.1) is 12.4 Å². The Balaban J connectivity index is 0.00000324. The molecule has 19 heavy (non-hydrogen) atoms. The summed E-state index contributed by atoms with van der Waals surface area (Å²) < 4.78 is 42.3. The molecule has 0 unspecified atom stereocenters. The highest BCUT2D eigenvalue weighted by Gasteiger charge is 2.34. The molecule has 0 saturated carbocycles. The quantitative estimate of drug-likeness (QED) is 0.893. The van der Waals surface area contributed by atoms with Crippen molar-refractivity contribution in [2.45, 2.75) is 18.6 Å². The molecule has 0 aliphatic heterocycles.